The molecule has 0 amide bonds. The second-order valence-electron chi connectivity index (χ2n) is 4.71. The van der Waals surface area contributed by atoms with Gasteiger partial charge in [0, 0.05) is 52.6 Å². The van der Waals surface area contributed by atoms with Crippen molar-refractivity contribution in [3.63, 3.8) is 0 Å². The Morgan fingerprint density at radius 2 is 2.05 bits per heavy atom. The molecule has 0 saturated carbocycles. The molecule has 1 aliphatic heterocycles. The average Bonchev–Trinajstić information content (AvgIpc) is 2.79. The second-order valence-corrected chi connectivity index (χ2v) is 7.07. The number of thiophene rings is 1. The fourth-order valence-electron chi connectivity index (χ4n) is 2.53. The molecule has 3 rings (SSSR count). The van der Waals surface area contributed by atoms with E-state index in [-0.39, 0.29) is 5.82 Å². The van der Waals surface area contributed by atoms with Gasteiger partial charge in [-0.25, -0.2) is 4.39 Å². The number of hydrogen-bond donors (Lipinski definition) is 1. The maximum Gasteiger partial charge on any atom is 0.132 e. The molecule has 0 spiro atoms. The van der Waals surface area contributed by atoms with Crippen LogP contribution in [0.15, 0.2) is 18.2 Å². The highest BCUT2D eigenvalue weighted by Gasteiger charge is 2.18. The van der Waals surface area contributed by atoms with E-state index in [1.807, 2.05) is 17.8 Å². The van der Waals surface area contributed by atoms with Crippen LogP contribution in [0.1, 0.15) is 10.4 Å². The molecular formula is C14H17FN2S2. The summed E-state index contributed by atoms with van der Waals surface area (Å²) in [6.45, 7) is 3.49. The Labute approximate surface area is 120 Å². The van der Waals surface area contributed by atoms with Gasteiger partial charge in [0.1, 0.15) is 5.82 Å². The predicted molar refractivity (Wildman–Crippen MR) is 82.3 cm³/mol. The zero-order chi connectivity index (χ0) is 13.2. The SMILES string of the molecule is NCc1sc2cccc(F)c2c1CN1CCSCC1. The summed E-state index contributed by atoms with van der Waals surface area (Å²) in [4.78, 5) is 3.53. The molecule has 0 radical (unpaired) electrons. The van der Waals surface area contributed by atoms with Crippen LogP contribution in [-0.2, 0) is 13.1 Å². The van der Waals surface area contributed by atoms with Gasteiger partial charge in [-0.3, -0.25) is 4.90 Å². The van der Waals surface area contributed by atoms with Crippen LogP contribution in [0.2, 0.25) is 0 Å². The van der Waals surface area contributed by atoms with Gasteiger partial charge in [-0.05, 0) is 17.7 Å². The van der Waals surface area contributed by atoms with Crippen molar-refractivity contribution < 1.29 is 4.39 Å². The first kappa shape index (κ1) is 13.4. The molecule has 0 aliphatic carbocycles. The number of halogens is 1. The lowest BCUT2D eigenvalue weighted by atomic mass is 10.1. The minimum atomic E-state index is -0.116. The molecule has 2 aromatic rings. The molecular weight excluding hydrogens is 279 g/mol. The van der Waals surface area contributed by atoms with Crippen LogP contribution in [0.25, 0.3) is 10.1 Å². The highest BCUT2D eigenvalue weighted by Crippen LogP contribution is 2.34. The third-order valence-electron chi connectivity index (χ3n) is 3.52. The summed E-state index contributed by atoms with van der Waals surface area (Å²) >= 11 is 3.62. The van der Waals surface area contributed by atoms with Gasteiger partial charge in [0.15, 0.2) is 0 Å². The molecule has 1 saturated heterocycles. The number of nitrogens with zero attached hydrogens (tertiary/aromatic N) is 1. The van der Waals surface area contributed by atoms with E-state index in [9.17, 15) is 4.39 Å². The fraction of sp³-hybridized carbons (Fsp3) is 0.429. The average molecular weight is 296 g/mol. The number of rotatable bonds is 3. The molecule has 0 bridgehead atoms. The third kappa shape index (κ3) is 2.65. The smallest absolute Gasteiger partial charge is 0.132 e. The highest BCUT2D eigenvalue weighted by molar-refractivity contribution is 7.99. The fourth-order valence-corrected chi connectivity index (χ4v) is 4.62. The van der Waals surface area contributed by atoms with Gasteiger partial charge in [0.05, 0.1) is 0 Å². The Hall–Kier alpha value is -0.620. The molecule has 0 unspecified atom stereocenters. The van der Waals surface area contributed by atoms with Crippen molar-refractivity contribution in [2.45, 2.75) is 13.1 Å². The molecule has 19 heavy (non-hydrogen) atoms. The molecule has 2 nitrogen and oxygen atoms in total. The van der Waals surface area contributed by atoms with Crippen molar-refractivity contribution in [3.8, 4) is 0 Å². The number of nitrogens with two attached hydrogens (primary N) is 1. The Kier molecular flexibility index (Phi) is 4.07. The lowest BCUT2D eigenvalue weighted by Crippen LogP contribution is -2.32. The first-order valence-corrected chi connectivity index (χ1v) is 8.45. The lowest BCUT2D eigenvalue weighted by molar-refractivity contribution is 0.295. The van der Waals surface area contributed by atoms with Crippen molar-refractivity contribution in [2.75, 3.05) is 24.6 Å². The molecule has 0 atom stereocenters. The van der Waals surface area contributed by atoms with Crippen LogP contribution in [0.5, 0.6) is 0 Å². The van der Waals surface area contributed by atoms with E-state index >= 15 is 0 Å². The molecule has 1 aliphatic rings. The Morgan fingerprint density at radius 3 is 2.79 bits per heavy atom. The van der Waals surface area contributed by atoms with E-state index < -0.39 is 0 Å². The van der Waals surface area contributed by atoms with Crippen LogP contribution in [0.3, 0.4) is 0 Å². The first-order valence-electron chi connectivity index (χ1n) is 6.48. The zero-order valence-corrected chi connectivity index (χ0v) is 12.3. The van der Waals surface area contributed by atoms with Crippen LogP contribution >= 0.6 is 23.1 Å². The standard InChI is InChI=1S/C14H17FN2S2/c15-11-2-1-3-12-14(11)10(13(8-16)19-12)9-17-4-6-18-7-5-17/h1-3H,4-9,16H2. The van der Waals surface area contributed by atoms with Gasteiger partial charge in [0.25, 0.3) is 0 Å². The Morgan fingerprint density at radius 1 is 1.26 bits per heavy atom. The largest absolute Gasteiger partial charge is 0.326 e. The monoisotopic (exact) mass is 296 g/mol. The van der Waals surface area contributed by atoms with Gasteiger partial charge in [-0.15, -0.1) is 11.3 Å². The third-order valence-corrected chi connectivity index (χ3v) is 5.68. The minimum Gasteiger partial charge on any atom is -0.326 e. The Balaban J connectivity index is 2.00. The van der Waals surface area contributed by atoms with Crippen molar-refractivity contribution >= 4 is 33.2 Å². The van der Waals surface area contributed by atoms with Crippen LogP contribution in [0.4, 0.5) is 4.39 Å². The van der Waals surface area contributed by atoms with Gasteiger partial charge in [0.2, 0.25) is 0 Å². The van der Waals surface area contributed by atoms with E-state index in [4.69, 9.17) is 5.73 Å². The highest BCUT2D eigenvalue weighted by atomic mass is 32.2. The molecule has 102 valence electrons. The van der Waals surface area contributed by atoms with Gasteiger partial charge in [-0.1, -0.05) is 6.07 Å². The van der Waals surface area contributed by atoms with E-state index in [0.717, 1.165) is 40.2 Å². The van der Waals surface area contributed by atoms with E-state index in [1.165, 1.54) is 11.5 Å². The molecule has 2 N–H and O–H groups in total. The maximum absolute atomic E-state index is 14.1. The van der Waals surface area contributed by atoms with Crippen LogP contribution < -0.4 is 5.73 Å². The quantitative estimate of drug-likeness (QED) is 0.944. The summed E-state index contributed by atoms with van der Waals surface area (Å²) in [6.07, 6.45) is 0. The van der Waals surface area contributed by atoms with E-state index in [1.54, 1.807) is 23.5 Å². The second kappa shape index (κ2) is 5.79. The zero-order valence-electron chi connectivity index (χ0n) is 10.7. The van der Waals surface area contributed by atoms with Gasteiger partial charge >= 0.3 is 0 Å². The minimum absolute atomic E-state index is 0.116. The molecule has 1 aromatic carbocycles. The van der Waals surface area contributed by atoms with E-state index in [2.05, 4.69) is 4.90 Å². The maximum atomic E-state index is 14.1. The normalized spacial score (nSPS) is 17.2. The van der Waals surface area contributed by atoms with Crippen LogP contribution in [0, 0.1) is 5.82 Å². The van der Waals surface area contributed by atoms with Gasteiger partial charge < -0.3 is 5.73 Å². The molecule has 2 heterocycles. The topological polar surface area (TPSA) is 29.3 Å². The van der Waals surface area contributed by atoms with Crippen LogP contribution in [-0.4, -0.2) is 29.5 Å². The first-order chi connectivity index (χ1) is 9.29. The predicted octanol–water partition coefficient (Wildman–Crippen LogP) is 3.05. The number of fused-ring (bicyclic) bond motifs is 1. The van der Waals surface area contributed by atoms with Crippen molar-refractivity contribution in [2.24, 2.45) is 5.73 Å². The lowest BCUT2D eigenvalue weighted by Gasteiger charge is -2.26. The molecule has 1 aromatic heterocycles. The number of hydrogen-bond acceptors (Lipinski definition) is 4. The molecule has 1 fully saturated rings. The molecule has 5 heteroatoms. The summed E-state index contributed by atoms with van der Waals surface area (Å²) in [6, 6.07) is 5.30. The number of thioether (sulfide) groups is 1. The summed E-state index contributed by atoms with van der Waals surface area (Å²) in [7, 11) is 0. The summed E-state index contributed by atoms with van der Waals surface area (Å²) in [5.74, 6) is 2.22. The summed E-state index contributed by atoms with van der Waals surface area (Å²) in [5, 5.41) is 0.783. The van der Waals surface area contributed by atoms with E-state index in [0.29, 0.717) is 6.54 Å². The summed E-state index contributed by atoms with van der Waals surface area (Å²) < 4.78 is 15.1. The van der Waals surface area contributed by atoms with Crippen molar-refractivity contribution in [1.82, 2.24) is 4.90 Å². The number of benzene rings is 1. The summed E-state index contributed by atoms with van der Waals surface area (Å²) in [5.41, 5.74) is 6.94. The Bertz CT molecular complexity index is 576. The van der Waals surface area contributed by atoms with Crippen molar-refractivity contribution in [3.05, 3.63) is 34.5 Å². The van der Waals surface area contributed by atoms with Crippen molar-refractivity contribution in [1.29, 1.82) is 0 Å². The van der Waals surface area contributed by atoms with Gasteiger partial charge in [-0.2, -0.15) is 11.8 Å².